The number of rotatable bonds is 2. The van der Waals surface area contributed by atoms with Gasteiger partial charge < -0.3 is 14.7 Å². The molecule has 1 aliphatic heterocycles. The van der Waals surface area contributed by atoms with Crippen molar-refractivity contribution in [3.05, 3.63) is 0 Å². The fourth-order valence-corrected chi connectivity index (χ4v) is 1.30. The van der Waals surface area contributed by atoms with E-state index in [1.807, 2.05) is 0 Å². The number of hydrogen-bond donors (Lipinski definition) is 2. The molecule has 4 amide bonds. The zero-order valence-corrected chi connectivity index (χ0v) is 14.9. The predicted molar refractivity (Wildman–Crippen MR) is 56.8 cm³/mol. The van der Waals surface area contributed by atoms with Crippen LogP contribution in [0.15, 0.2) is 0 Å². The van der Waals surface area contributed by atoms with Crippen molar-refractivity contribution in [3.8, 4) is 0 Å². The number of barbiturate groups is 1. The van der Waals surface area contributed by atoms with Crippen molar-refractivity contribution in [1.29, 1.82) is 0 Å². The van der Waals surface area contributed by atoms with Crippen LogP contribution in [0.4, 0.5) is 4.79 Å². The molecular formula is C8H14KN2O7P. The van der Waals surface area contributed by atoms with Gasteiger partial charge in [-0.15, -0.1) is 0 Å². The summed E-state index contributed by atoms with van der Waals surface area (Å²) >= 11 is 0. The second kappa shape index (κ2) is 9.32. The van der Waals surface area contributed by atoms with E-state index in [9.17, 15) is 14.4 Å². The summed E-state index contributed by atoms with van der Waals surface area (Å²) in [6.45, 7) is 4.06. The minimum absolute atomic E-state index is 0. The Bertz CT molecular complexity index is 364. The van der Waals surface area contributed by atoms with E-state index in [1.165, 1.54) is 0 Å². The van der Waals surface area contributed by atoms with Crippen LogP contribution in [-0.4, -0.2) is 50.5 Å². The first kappa shape index (κ1) is 21.7. The molecule has 0 aromatic heterocycles. The molecule has 9 nitrogen and oxygen atoms in total. The van der Waals surface area contributed by atoms with Gasteiger partial charge in [0.1, 0.15) is 6.42 Å². The van der Waals surface area contributed by atoms with Gasteiger partial charge in [0, 0.05) is 13.1 Å². The van der Waals surface area contributed by atoms with Crippen molar-refractivity contribution in [3.63, 3.8) is 0 Å². The van der Waals surface area contributed by atoms with Crippen LogP contribution in [0, 0.1) is 0 Å². The molecule has 0 aromatic rings. The molecule has 1 fully saturated rings. The Morgan fingerprint density at radius 3 is 1.58 bits per heavy atom. The molecule has 2 N–H and O–H groups in total. The minimum Gasteiger partial charge on any atom is -0.756 e. The Hall–Kier alpha value is 0.356. The van der Waals surface area contributed by atoms with Gasteiger partial charge in [-0.1, -0.05) is 0 Å². The number of phosphoric acid groups is 1. The van der Waals surface area contributed by atoms with Crippen LogP contribution in [-0.2, 0) is 14.2 Å². The van der Waals surface area contributed by atoms with E-state index >= 15 is 0 Å². The van der Waals surface area contributed by atoms with Gasteiger partial charge in [-0.05, 0) is 13.8 Å². The van der Waals surface area contributed by atoms with Crippen molar-refractivity contribution >= 4 is 25.7 Å². The topological polar surface area (TPSA) is 138 Å². The third-order valence-electron chi connectivity index (χ3n) is 2.00. The standard InChI is InChI=1S/C8H12N2O3.K.H3O4P/c1-3-9-6(11)5-7(12)10(4-2)8(9)13;;1-5(2,3)4/h3-5H2,1-2H3;;(H3,1,2,3,4)/q;+1;/p-1. The minimum atomic E-state index is -4.89. The summed E-state index contributed by atoms with van der Waals surface area (Å²) < 4.78 is 8.77. The van der Waals surface area contributed by atoms with Crippen molar-refractivity contribution in [2.45, 2.75) is 20.3 Å². The second-order valence-electron chi connectivity index (χ2n) is 3.23. The van der Waals surface area contributed by atoms with Gasteiger partial charge in [-0.2, -0.15) is 0 Å². The Morgan fingerprint density at radius 2 is 1.37 bits per heavy atom. The summed E-state index contributed by atoms with van der Waals surface area (Å²) in [5.41, 5.74) is 0. The zero-order valence-electron chi connectivity index (χ0n) is 10.9. The Labute approximate surface area is 152 Å². The predicted octanol–water partition coefficient (Wildman–Crippen LogP) is -4.35. The number of amides is 4. The van der Waals surface area contributed by atoms with Gasteiger partial charge in [0.15, 0.2) is 0 Å². The number of carbonyl (C=O) groups excluding carboxylic acids is 3. The van der Waals surface area contributed by atoms with Gasteiger partial charge in [-0.25, -0.2) is 4.79 Å². The molecule has 0 saturated carbocycles. The van der Waals surface area contributed by atoms with Crippen LogP contribution in [0.5, 0.6) is 0 Å². The molecule has 0 bridgehead atoms. The molecule has 11 heteroatoms. The fourth-order valence-electron chi connectivity index (χ4n) is 1.30. The first-order valence-corrected chi connectivity index (χ1v) is 6.56. The Kier molecular flexibility index (Phi) is 10.6. The van der Waals surface area contributed by atoms with Crippen molar-refractivity contribution in [2.24, 2.45) is 0 Å². The average molecular weight is 320 g/mol. The maximum Gasteiger partial charge on any atom is 1.00 e. The van der Waals surface area contributed by atoms with Crippen molar-refractivity contribution in [1.82, 2.24) is 9.80 Å². The molecule has 0 spiro atoms. The molecule has 0 radical (unpaired) electrons. The van der Waals surface area contributed by atoms with E-state index in [1.54, 1.807) is 13.8 Å². The first-order valence-electron chi connectivity index (χ1n) is 5.03. The number of hydrogen-bond acceptors (Lipinski definition) is 5. The van der Waals surface area contributed by atoms with Crippen molar-refractivity contribution in [2.75, 3.05) is 13.1 Å². The van der Waals surface area contributed by atoms with Gasteiger partial charge in [0.05, 0.1) is 0 Å². The van der Waals surface area contributed by atoms with Gasteiger partial charge >= 0.3 is 57.4 Å². The second-order valence-corrected chi connectivity index (χ2v) is 4.21. The van der Waals surface area contributed by atoms with Crippen LogP contribution in [0.2, 0.25) is 0 Å². The summed E-state index contributed by atoms with van der Waals surface area (Å²) in [4.78, 5) is 58.8. The maximum absolute atomic E-state index is 11.4. The van der Waals surface area contributed by atoms with E-state index in [-0.39, 0.29) is 57.8 Å². The molecule has 104 valence electrons. The smallest absolute Gasteiger partial charge is 0.756 e. The third-order valence-corrected chi connectivity index (χ3v) is 2.00. The van der Waals surface area contributed by atoms with Gasteiger partial charge in [0.2, 0.25) is 11.8 Å². The summed E-state index contributed by atoms with van der Waals surface area (Å²) in [7, 11) is -4.89. The molecular weight excluding hydrogens is 306 g/mol. The summed E-state index contributed by atoms with van der Waals surface area (Å²) in [6.07, 6.45) is -0.187. The van der Waals surface area contributed by atoms with Gasteiger partial charge in [0.25, 0.3) is 7.82 Å². The molecule has 0 unspecified atom stereocenters. The van der Waals surface area contributed by atoms with Crippen LogP contribution in [0.3, 0.4) is 0 Å². The largest absolute Gasteiger partial charge is 1.00 e. The van der Waals surface area contributed by atoms with Crippen LogP contribution in [0.1, 0.15) is 20.3 Å². The Balaban J connectivity index is 0. The van der Waals surface area contributed by atoms with Gasteiger partial charge in [-0.3, -0.25) is 24.0 Å². The molecule has 1 heterocycles. The molecule has 0 aromatic carbocycles. The van der Waals surface area contributed by atoms with E-state index in [2.05, 4.69) is 0 Å². The van der Waals surface area contributed by atoms with Crippen LogP contribution < -0.4 is 56.3 Å². The fraction of sp³-hybridized carbons (Fsp3) is 0.625. The molecule has 1 saturated heterocycles. The number of imide groups is 2. The van der Waals surface area contributed by atoms with Crippen LogP contribution >= 0.6 is 7.82 Å². The monoisotopic (exact) mass is 320 g/mol. The maximum atomic E-state index is 11.4. The molecule has 19 heavy (non-hydrogen) atoms. The number of carbonyl (C=O) groups is 3. The van der Waals surface area contributed by atoms with E-state index in [0.29, 0.717) is 13.1 Å². The number of urea groups is 1. The zero-order chi connectivity index (χ0) is 14.5. The van der Waals surface area contributed by atoms with E-state index < -0.39 is 25.7 Å². The third kappa shape index (κ3) is 8.28. The normalized spacial score (nSPS) is 15.7. The summed E-state index contributed by atoms with van der Waals surface area (Å²) in [5.74, 6) is -0.801. The van der Waals surface area contributed by atoms with E-state index in [4.69, 9.17) is 19.2 Å². The summed E-state index contributed by atoms with van der Waals surface area (Å²) in [5, 5.41) is 0. The molecule has 0 aliphatic carbocycles. The number of nitrogens with zero attached hydrogens (tertiary/aromatic N) is 2. The van der Waals surface area contributed by atoms with Crippen molar-refractivity contribution < 1.29 is 85.0 Å². The molecule has 1 aliphatic rings. The van der Waals surface area contributed by atoms with E-state index in [0.717, 1.165) is 9.80 Å². The SMILES string of the molecule is CCN1C(=O)CC(=O)N(CC)C1=O.O=P([O-])(O)O.[K+]. The summed E-state index contributed by atoms with van der Waals surface area (Å²) in [6, 6.07) is -0.494. The average Bonchev–Trinajstić information content (AvgIpc) is 2.15. The quantitative estimate of drug-likeness (QED) is 0.298. The first-order chi connectivity index (χ1) is 8.11. The van der Waals surface area contributed by atoms with Crippen LogP contribution in [0.25, 0.3) is 0 Å². The Morgan fingerprint density at radius 1 is 1.11 bits per heavy atom. The molecule has 1 rings (SSSR count). The molecule has 0 atom stereocenters.